The Morgan fingerprint density at radius 2 is 1.90 bits per heavy atom. The minimum Gasteiger partial charge on any atom is -0.460 e. The van der Waals surface area contributed by atoms with Gasteiger partial charge in [-0.25, -0.2) is 13.4 Å². The maximum absolute atomic E-state index is 12.9. The monoisotopic (exact) mass is 451 g/mol. The lowest BCUT2D eigenvalue weighted by Crippen LogP contribution is -2.16. The first-order valence-electron chi connectivity index (χ1n) is 8.96. The predicted octanol–water partition coefficient (Wildman–Crippen LogP) is 4.92. The van der Waals surface area contributed by atoms with Crippen LogP contribution in [0.2, 0.25) is 10.0 Å². The number of ether oxygens (including phenoxy) is 1. The highest BCUT2D eigenvalue weighted by Gasteiger charge is 2.20. The van der Waals surface area contributed by atoms with Crippen molar-refractivity contribution in [2.24, 2.45) is 0 Å². The van der Waals surface area contributed by atoms with Crippen molar-refractivity contribution >= 4 is 55.9 Å². The van der Waals surface area contributed by atoms with Gasteiger partial charge in [-0.05, 0) is 55.0 Å². The van der Waals surface area contributed by atoms with Crippen molar-refractivity contribution in [2.75, 3.05) is 17.9 Å². The Kier molecular flexibility index (Phi) is 5.78. The summed E-state index contributed by atoms with van der Waals surface area (Å²) in [4.78, 5) is 8.76. The lowest BCUT2D eigenvalue weighted by Gasteiger charge is -2.23. The summed E-state index contributed by atoms with van der Waals surface area (Å²) >= 11 is 12.0. The van der Waals surface area contributed by atoms with Gasteiger partial charge < -0.3 is 15.0 Å². The SMILES string of the molecule is O=S(=O)(Nc1nc2ccccc2nc1[N-]C[C@@H]1CCCO1)c1cc(Cl)ccc1Cl. The molecule has 2 aromatic carbocycles. The molecule has 0 bridgehead atoms. The van der Waals surface area contributed by atoms with Crippen LogP contribution in [0.5, 0.6) is 0 Å². The Balaban J connectivity index is 1.70. The number of rotatable bonds is 6. The van der Waals surface area contributed by atoms with E-state index in [1.54, 1.807) is 18.2 Å². The number of para-hydroxylation sites is 2. The topological polar surface area (TPSA) is 95.3 Å². The molecule has 0 spiro atoms. The van der Waals surface area contributed by atoms with Crippen LogP contribution in [0, 0.1) is 0 Å². The number of halogens is 2. The van der Waals surface area contributed by atoms with Crippen LogP contribution in [0.15, 0.2) is 47.4 Å². The number of benzene rings is 2. The minimum atomic E-state index is -4.06. The Labute approximate surface area is 178 Å². The quantitative estimate of drug-likeness (QED) is 0.573. The molecule has 10 heteroatoms. The van der Waals surface area contributed by atoms with Gasteiger partial charge in [0.05, 0.1) is 16.6 Å². The van der Waals surface area contributed by atoms with Crippen molar-refractivity contribution in [3.8, 4) is 0 Å². The molecule has 0 amide bonds. The number of hydrogen-bond donors (Lipinski definition) is 1. The molecule has 0 unspecified atom stereocenters. The van der Waals surface area contributed by atoms with E-state index in [0.29, 0.717) is 24.2 Å². The number of fused-ring (bicyclic) bond motifs is 1. The molecule has 0 saturated carbocycles. The molecule has 2 heterocycles. The molecule has 7 nitrogen and oxygen atoms in total. The molecule has 1 N–H and O–H groups in total. The number of nitrogens with one attached hydrogen (secondary N) is 1. The fraction of sp³-hybridized carbons (Fsp3) is 0.263. The number of aromatic nitrogens is 2. The van der Waals surface area contributed by atoms with Gasteiger partial charge in [-0.1, -0.05) is 41.4 Å². The standard InChI is InChI=1S/C19H17Cl2N4O3S/c20-12-7-8-14(21)17(10-12)29(26,27)25-19-18(22-11-13-4-3-9-28-13)23-15-5-1-2-6-16(15)24-19/h1-2,5-8,10,13H,3-4,9,11H2,(H-,22,23,24,25)/q-1/t13-/m0/s1. The second-order valence-corrected chi connectivity index (χ2v) is 9.03. The number of hydrogen-bond acceptors (Lipinski definition) is 5. The summed E-state index contributed by atoms with van der Waals surface area (Å²) in [6.45, 7) is 1.08. The lowest BCUT2D eigenvalue weighted by atomic mass is 10.2. The molecule has 4 rings (SSSR count). The van der Waals surface area contributed by atoms with Gasteiger partial charge in [-0.2, -0.15) is 0 Å². The second kappa shape index (κ2) is 8.31. The van der Waals surface area contributed by atoms with Crippen LogP contribution in [0.4, 0.5) is 11.6 Å². The van der Waals surface area contributed by atoms with Gasteiger partial charge in [0, 0.05) is 11.6 Å². The van der Waals surface area contributed by atoms with Crippen molar-refractivity contribution < 1.29 is 13.2 Å². The molecule has 0 radical (unpaired) electrons. The van der Waals surface area contributed by atoms with Crippen LogP contribution < -0.4 is 4.72 Å². The molecular formula is C19H17Cl2N4O3S-. The average molecular weight is 452 g/mol. The molecule has 1 aliphatic rings. The summed E-state index contributed by atoms with van der Waals surface area (Å²) < 4.78 is 33.9. The van der Waals surface area contributed by atoms with E-state index in [1.807, 2.05) is 6.07 Å². The van der Waals surface area contributed by atoms with Gasteiger partial charge in [0.2, 0.25) is 0 Å². The average Bonchev–Trinajstić information content (AvgIpc) is 3.21. The van der Waals surface area contributed by atoms with E-state index >= 15 is 0 Å². The molecule has 0 aliphatic carbocycles. The summed E-state index contributed by atoms with van der Waals surface area (Å²) in [7, 11) is -4.06. The fourth-order valence-electron chi connectivity index (χ4n) is 3.01. The van der Waals surface area contributed by atoms with Gasteiger partial charge in [-0.3, -0.25) is 4.72 Å². The van der Waals surface area contributed by atoms with Gasteiger partial charge >= 0.3 is 0 Å². The molecule has 3 aromatic rings. The van der Waals surface area contributed by atoms with Crippen LogP contribution in [-0.2, 0) is 14.8 Å². The van der Waals surface area contributed by atoms with Crippen molar-refractivity contribution in [2.45, 2.75) is 23.8 Å². The number of anilines is 1. The highest BCUT2D eigenvalue weighted by Crippen LogP contribution is 2.32. The van der Waals surface area contributed by atoms with Crippen molar-refractivity contribution in [3.05, 3.63) is 57.8 Å². The van der Waals surface area contributed by atoms with E-state index in [2.05, 4.69) is 20.0 Å². The van der Waals surface area contributed by atoms with Gasteiger partial charge in [-0.15, -0.1) is 0 Å². The zero-order valence-electron chi connectivity index (χ0n) is 15.2. The van der Waals surface area contributed by atoms with E-state index < -0.39 is 10.0 Å². The third kappa shape index (κ3) is 4.56. The smallest absolute Gasteiger partial charge is 0.264 e. The molecular weight excluding hydrogens is 435 g/mol. The minimum absolute atomic E-state index is 0.00454. The first-order valence-corrected chi connectivity index (χ1v) is 11.2. The summed E-state index contributed by atoms with van der Waals surface area (Å²) in [6, 6.07) is 11.4. The van der Waals surface area contributed by atoms with E-state index in [4.69, 9.17) is 27.9 Å². The molecule has 1 fully saturated rings. The first-order chi connectivity index (χ1) is 13.9. The van der Waals surface area contributed by atoms with Crippen LogP contribution >= 0.6 is 23.2 Å². The molecule has 1 aliphatic heterocycles. The lowest BCUT2D eigenvalue weighted by molar-refractivity contribution is 0.122. The molecule has 29 heavy (non-hydrogen) atoms. The summed E-state index contributed by atoms with van der Waals surface area (Å²) in [5.41, 5.74) is 1.15. The highest BCUT2D eigenvalue weighted by atomic mass is 35.5. The maximum Gasteiger partial charge on any atom is 0.264 e. The van der Waals surface area contributed by atoms with Gasteiger partial charge in [0.1, 0.15) is 10.7 Å². The Morgan fingerprint density at radius 3 is 2.62 bits per heavy atom. The Morgan fingerprint density at radius 1 is 1.14 bits per heavy atom. The fourth-order valence-corrected chi connectivity index (χ4v) is 4.78. The zero-order chi connectivity index (χ0) is 20.4. The first kappa shape index (κ1) is 20.2. The molecule has 1 saturated heterocycles. The van der Waals surface area contributed by atoms with Crippen LogP contribution in [0.25, 0.3) is 16.4 Å². The third-order valence-electron chi connectivity index (χ3n) is 4.43. The summed E-state index contributed by atoms with van der Waals surface area (Å²) in [5, 5.41) is 4.77. The zero-order valence-corrected chi connectivity index (χ0v) is 17.5. The molecule has 1 aromatic heterocycles. The van der Waals surface area contributed by atoms with Crippen molar-refractivity contribution in [3.63, 3.8) is 0 Å². The van der Waals surface area contributed by atoms with E-state index in [-0.39, 0.29) is 32.7 Å². The Hall–Kier alpha value is -2.13. The van der Waals surface area contributed by atoms with E-state index in [0.717, 1.165) is 12.8 Å². The van der Waals surface area contributed by atoms with Crippen molar-refractivity contribution in [1.82, 2.24) is 9.97 Å². The van der Waals surface area contributed by atoms with Crippen LogP contribution in [0.1, 0.15) is 12.8 Å². The van der Waals surface area contributed by atoms with E-state index in [9.17, 15) is 8.42 Å². The second-order valence-electron chi connectivity index (χ2n) is 6.54. The summed E-state index contributed by atoms with van der Waals surface area (Å²) in [6.07, 6.45) is 1.88. The normalized spacial score (nSPS) is 16.8. The number of nitrogens with zero attached hydrogens (tertiary/aromatic N) is 3. The molecule has 1 atom stereocenters. The third-order valence-corrected chi connectivity index (χ3v) is 6.49. The summed E-state index contributed by atoms with van der Waals surface area (Å²) in [5.74, 6) is 0.221. The van der Waals surface area contributed by atoms with Crippen molar-refractivity contribution in [1.29, 1.82) is 0 Å². The van der Waals surface area contributed by atoms with Crippen LogP contribution in [-0.4, -0.2) is 37.6 Å². The maximum atomic E-state index is 12.9. The highest BCUT2D eigenvalue weighted by molar-refractivity contribution is 7.92. The van der Waals surface area contributed by atoms with Crippen LogP contribution in [0.3, 0.4) is 0 Å². The molecule has 152 valence electrons. The van der Waals surface area contributed by atoms with Gasteiger partial charge in [0.15, 0.2) is 0 Å². The predicted molar refractivity (Wildman–Crippen MR) is 114 cm³/mol. The van der Waals surface area contributed by atoms with E-state index in [1.165, 1.54) is 18.2 Å². The number of sulfonamides is 1. The largest absolute Gasteiger partial charge is 0.460 e. The Bertz CT molecular complexity index is 1150. The van der Waals surface area contributed by atoms with Gasteiger partial charge in [0.25, 0.3) is 10.0 Å².